The third-order valence-corrected chi connectivity index (χ3v) is 7.93. The van der Waals surface area contributed by atoms with Gasteiger partial charge in [0.25, 0.3) is 0 Å². The number of anilines is 2. The number of tetrazole rings is 1. The zero-order valence-corrected chi connectivity index (χ0v) is 24.2. The van der Waals surface area contributed by atoms with Crippen molar-refractivity contribution in [3.63, 3.8) is 0 Å². The Morgan fingerprint density at radius 2 is 1.73 bits per heavy atom. The summed E-state index contributed by atoms with van der Waals surface area (Å²) in [4.78, 5) is 6.60. The van der Waals surface area contributed by atoms with E-state index >= 15 is 0 Å². The predicted octanol–water partition coefficient (Wildman–Crippen LogP) is 4.71. The molecule has 0 saturated carbocycles. The molecular formula is C28H29BrClF2N7O. The molecule has 1 fully saturated rings. The Morgan fingerprint density at radius 1 is 1.00 bits per heavy atom. The molecule has 2 heterocycles. The fraction of sp³-hybridized carbons (Fsp3) is 0.321. The lowest BCUT2D eigenvalue weighted by atomic mass is 9.92. The average Bonchev–Trinajstić information content (AvgIpc) is 3.42. The third kappa shape index (κ3) is 6.60. The highest BCUT2D eigenvalue weighted by Gasteiger charge is 2.35. The number of aromatic nitrogens is 4. The van der Waals surface area contributed by atoms with Crippen LogP contribution in [0.1, 0.15) is 11.1 Å². The second-order valence-electron chi connectivity index (χ2n) is 10.1. The van der Waals surface area contributed by atoms with Crippen molar-refractivity contribution in [2.24, 2.45) is 0 Å². The van der Waals surface area contributed by atoms with E-state index in [0.717, 1.165) is 59.7 Å². The Hall–Kier alpha value is -3.12. The van der Waals surface area contributed by atoms with E-state index in [0.29, 0.717) is 11.6 Å². The van der Waals surface area contributed by atoms with Crippen molar-refractivity contribution in [3.8, 4) is 0 Å². The van der Waals surface area contributed by atoms with Crippen LogP contribution in [0.4, 0.5) is 20.2 Å². The molecule has 5 rings (SSSR count). The number of halogens is 4. The van der Waals surface area contributed by atoms with E-state index in [2.05, 4.69) is 65.5 Å². The topological polar surface area (TPSA) is 73.6 Å². The van der Waals surface area contributed by atoms with E-state index in [1.807, 2.05) is 30.1 Å². The molecule has 4 aromatic rings. The van der Waals surface area contributed by atoms with E-state index in [-0.39, 0.29) is 18.7 Å². The van der Waals surface area contributed by atoms with Crippen LogP contribution in [0.25, 0.3) is 0 Å². The summed E-state index contributed by atoms with van der Waals surface area (Å²) < 4.78 is 30.6. The molecule has 1 aliphatic rings. The van der Waals surface area contributed by atoms with Gasteiger partial charge in [-0.3, -0.25) is 4.90 Å². The van der Waals surface area contributed by atoms with E-state index in [9.17, 15) is 13.9 Å². The van der Waals surface area contributed by atoms with Crippen LogP contribution < -0.4 is 9.80 Å². The van der Waals surface area contributed by atoms with Crippen molar-refractivity contribution < 1.29 is 13.9 Å². The van der Waals surface area contributed by atoms with Crippen LogP contribution in [0.2, 0.25) is 5.02 Å². The Kier molecular flexibility index (Phi) is 8.65. The minimum atomic E-state index is -1.69. The first kappa shape index (κ1) is 28.4. The third-order valence-electron chi connectivity index (χ3n) is 7.06. The van der Waals surface area contributed by atoms with E-state index < -0.39 is 17.2 Å². The van der Waals surface area contributed by atoms with Gasteiger partial charge in [0, 0.05) is 66.1 Å². The molecule has 40 heavy (non-hydrogen) atoms. The highest BCUT2D eigenvalue weighted by molar-refractivity contribution is 9.10. The molecule has 1 atom stereocenters. The molecule has 210 valence electrons. The Bertz CT molecular complexity index is 1440. The second kappa shape index (κ2) is 12.2. The van der Waals surface area contributed by atoms with E-state index in [4.69, 9.17) is 11.6 Å². The quantitative estimate of drug-likeness (QED) is 0.287. The van der Waals surface area contributed by atoms with Crippen LogP contribution in [0.3, 0.4) is 0 Å². The van der Waals surface area contributed by atoms with Gasteiger partial charge in [-0.05, 0) is 75.4 Å². The minimum absolute atomic E-state index is 0.0172. The SMILES string of the molecule is CN(Cc1ccc(N2CCN(c3ccc(Cl)cc3Br)CC2)cc1)CC(O)(Cn1cnnn1)c1ccc(F)cc1F. The molecule has 12 heteroatoms. The maximum atomic E-state index is 14.7. The van der Waals surface area contributed by atoms with Crippen LogP contribution in [0.5, 0.6) is 0 Å². The Morgan fingerprint density at radius 3 is 2.38 bits per heavy atom. The van der Waals surface area contributed by atoms with Crippen molar-refractivity contribution in [1.82, 2.24) is 25.1 Å². The van der Waals surface area contributed by atoms with Gasteiger partial charge in [-0.1, -0.05) is 29.8 Å². The highest BCUT2D eigenvalue weighted by Crippen LogP contribution is 2.31. The van der Waals surface area contributed by atoms with E-state index in [1.54, 1.807) is 0 Å². The van der Waals surface area contributed by atoms with Crippen molar-refractivity contribution >= 4 is 38.9 Å². The molecular weight excluding hydrogens is 604 g/mol. The number of piperazine rings is 1. The molecule has 1 aliphatic heterocycles. The first-order valence-corrected chi connectivity index (χ1v) is 14.0. The predicted molar refractivity (Wildman–Crippen MR) is 154 cm³/mol. The molecule has 1 aromatic heterocycles. The van der Waals surface area contributed by atoms with E-state index in [1.165, 1.54) is 17.1 Å². The fourth-order valence-electron chi connectivity index (χ4n) is 5.18. The lowest BCUT2D eigenvalue weighted by Gasteiger charge is -2.38. The van der Waals surface area contributed by atoms with Gasteiger partial charge in [0.2, 0.25) is 0 Å². The number of hydrogen-bond acceptors (Lipinski definition) is 7. The number of hydrogen-bond donors (Lipinski definition) is 1. The smallest absolute Gasteiger partial charge is 0.138 e. The molecule has 3 aromatic carbocycles. The molecule has 0 bridgehead atoms. The van der Waals surface area contributed by atoms with Crippen molar-refractivity contribution in [3.05, 3.63) is 99.2 Å². The summed E-state index contributed by atoms with van der Waals surface area (Å²) in [5.74, 6) is -1.53. The zero-order chi connectivity index (χ0) is 28.3. The van der Waals surface area contributed by atoms with Gasteiger partial charge in [0.05, 0.1) is 12.2 Å². The maximum absolute atomic E-state index is 14.7. The summed E-state index contributed by atoms with van der Waals surface area (Å²) in [5.41, 5.74) is 1.61. The summed E-state index contributed by atoms with van der Waals surface area (Å²) in [5, 5.41) is 23.3. The molecule has 0 spiro atoms. The summed E-state index contributed by atoms with van der Waals surface area (Å²) in [6.45, 7) is 4.06. The normalized spacial score (nSPS) is 15.5. The van der Waals surface area contributed by atoms with Crippen LogP contribution >= 0.6 is 27.5 Å². The van der Waals surface area contributed by atoms with Crippen LogP contribution in [0.15, 0.2) is 71.5 Å². The van der Waals surface area contributed by atoms with Crippen molar-refractivity contribution in [1.29, 1.82) is 0 Å². The number of benzene rings is 3. The minimum Gasteiger partial charge on any atom is -0.382 e. The first-order chi connectivity index (χ1) is 19.2. The van der Waals surface area contributed by atoms with Gasteiger partial charge in [-0.2, -0.15) is 0 Å². The lowest BCUT2D eigenvalue weighted by molar-refractivity contribution is -0.0178. The van der Waals surface area contributed by atoms with Gasteiger partial charge in [0.1, 0.15) is 23.6 Å². The number of likely N-dealkylation sites (N-methyl/N-ethyl adjacent to an activating group) is 1. The van der Waals surface area contributed by atoms with Crippen LogP contribution in [0, 0.1) is 11.6 Å². The van der Waals surface area contributed by atoms with Gasteiger partial charge >= 0.3 is 0 Å². The molecule has 1 saturated heterocycles. The molecule has 1 N–H and O–H groups in total. The van der Waals surface area contributed by atoms with Crippen LogP contribution in [-0.2, 0) is 18.7 Å². The Labute approximate surface area is 244 Å². The number of aliphatic hydroxyl groups is 1. The summed E-state index contributed by atoms with van der Waals surface area (Å²) in [6, 6.07) is 17.4. The fourth-order valence-corrected chi connectivity index (χ4v) is 6.11. The molecule has 8 nitrogen and oxygen atoms in total. The van der Waals surface area contributed by atoms with Crippen molar-refractivity contribution in [2.75, 3.05) is 49.6 Å². The molecule has 0 amide bonds. The molecule has 0 radical (unpaired) electrons. The van der Waals surface area contributed by atoms with Gasteiger partial charge in [-0.15, -0.1) is 5.10 Å². The van der Waals surface area contributed by atoms with Crippen LogP contribution in [-0.4, -0.2) is 70.0 Å². The van der Waals surface area contributed by atoms with Gasteiger partial charge < -0.3 is 14.9 Å². The number of nitrogens with zero attached hydrogens (tertiary/aromatic N) is 7. The standard InChI is InChI=1S/C28H29BrClF2N7O/c1-36(17-28(40,18-39-19-33-34-35-39)24-8-5-22(31)15-26(24)32)16-20-2-6-23(7-3-20)37-10-12-38(13-11-37)27-9-4-21(30)14-25(27)29/h2-9,14-15,19,40H,10-13,16-18H2,1H3. The maximum Gasteiger partial charge on any atom is 0.138 e. The highest BCUT2D eigenvalue weighted by atomic mass is 79.9. The summed E-state index contributed by atoms with van der Waals surface area (Å²) >= 11 is 9.71. The first-order valence-electron chi connectivity index (χ1n) is 12.8. The average molecular weight is 633 g/mol. The van der Waals surface area contributed by atoms with Gasteiger partial charge in [0.15, 0.2) is 0 Å². The summed E-state index contributed by atoms with van der Waals surface area (Å²) in [6.07, 6.45) is 1.35. The van der Waals surface area contributed by atoms with Gasteiger partial charge in [-0.25, -0.2) is 13.5 Å². The van der Waals surface area contributed by atoms with Crippen molar-refractivity contribution in [2.45, 2.75) is 18.7 Å². The monoisotopic (exact) mass is 631 g/mol. The summed E-state index contributed by atoms with van der Waals surface area (Å²) in [7, 11) is 1.84. The lowest BCUT2D eigenvalue weighted by Crippen LogP contribution is -2.46. The zero-order valence-electron chi connectivity index (χ0n) is 21.9. The number of rotatable bonds is 9. The molecule has 0 aliphatic carbocycles. The molecule has 1 unspecified atom stereocenters. The Balaban J connectivity index is 1.22. The largest absolute Gasteiger partial charge is 0.382 e. The second-order valence-corrected chi connectivity index (χ2v) is 11.4.